The van der Waals surface area contributed by atoms with Gasteiger partial charge in [0.2, 0.25) is 0 Å². The van der Waals surface area contributed by atoms with Crippen LogP contribution in [0.1, 0.15) is 26.9 Å². The number of hydrogen-bond acceptors (Lipinski definition) is 4. The van der Waals surface area contributed by atoms with Crippen molar-refractivity contribution >= 4 is 17.3 Å². The summed E-state index contributed by atoms with van der Waals surface area (Å²) in [6.07, 6.45) is 0.835. The molecule has 0 fully saturated rings. The Kier molecular flexibility index (Phi) is 3.71. The molecule has 1 N–H and O–H groups in total. The first-order valence-electron chi connectivity index (χ1n) is 6.38. The Labute approximate surface area is 120 Å². The fourth-order valence-electron chi connectivity index (χ4n) is 2.29. The summed E-state index contributed by atoms with van der Waals surface area (Å²) in [6, 6.07) is 9.73. The predicted octanol–water partition coefficient (Wildman–Crippen LogP) is 3.14. The van der Waals surface area contributed by atoms with Gasteiger partial charge in [0.1, 0.15) is 23.3 Å². The van der Waals surface area contributed by atoms with Crippen LogP contribution in [0.4, 0.5) is 0 Å². The SMILES string of the molecule is O=C(O)c1cc(OCC2OCCc3ccccc32)cs1. The normalized spacial score (nSPS) is 17.5. The maximum atomic E-state index is 10.8. The molecule has 20 heavy (non-hydrogen) atoms. The van der Waals surface area contributed by atoms with Gasteiger partial charge in [-0.05, 0) is 17.5 Å². The molecule has 3 rings (SSSR count). The number of thiophene rings is 1. The zero-order valence-electron chi connectivity index (χ0n) is 10.7. The molecule has 4 nitrogen and oxygen atoms in total. The van der Waals surface area contributed by atoms with E-state index < -0.39 is 5.97 Å². The molecular weight excluding hydrogens is 276 g/mol. The minimum Gasteiger partial charge on any atom is -0.490 e. The van der Waals surface area contributed by atoms with Crippen molar-refractivity contribution in [2.24, 2.45) is 0 Å². The first-order valence-corrected chi connectivity index (χ1v) is 7.26. The highest BCUT2D eigenvalue weighted by atomic mass is 32.1. The summed E-state index contributed by atoms with van der Waals surface area (Å²) in [6.45, 7) is 1.09. The molecular formula is C15H14O4S. The van der Waals surface area contributed by atoms with Crippen LogP contribution in [0.5, 0.6) is 5.75 Å². The van der Waals surface area contributed by atoms with Gasteiger partial charge in [-0.2, -0.15) is 0 Å². The molecule has 1 unspecified atom stereocenters. The molecule has 0 aliphatic carbocycles. The summed E-state index contributed by atoms with van der Waals surface area (Å²) in [5.41, 5.74) is 2.45. The van der Waals surface area contributed by atoms with E-state index in [0.717, 1.165) is 23.3 Å². The molecule has 1 aliphatic rings. The first kappa shape index (κ1) is 13.1. The summed E-state index contributed by atoms with van der Waals surface area (Å²) in [5, 5.41) is 10.6. The van der Waals surface area contributed by atoms with E-state index in [0.29, 0.717) is 19.0 Å². The standard InChI is InChI=1S/C15H14O4S/c16-15(17)14-7-11(9-20-14)19-8-13-12-4-2-1-3-10(12)5-6-18-13/h1-4,7,9,13H,5-6,8H2,(H,16,17). The lowest BCUT2D eigenvalue weighted by Crippen LogP contribution is -2.21. The van der Waals surface area contributed by atoms with Crippen molar-refractivity contribution in [2.75, 3.05) is 13.2 Å². The lowest BCUT2D eigenvalue weighted by Gasteiger charge is -2.25. The van der Waals surface area contributed by atoms with Crippen LogP contribution < -0.4 is 4.74 Å². The fraction of sp³-hybridized carbons (Fsp3) is 0.267. The molecule has 1 aliphatic heterocycles. The molecule has 0 saturated carbocycles. The van der Waals surface area contributed by atoms with E-state index in [4.69, 9.17) is 14.6 Å². The van der Waals surface area contributed by atoms with Crippen LogP contribution in [-0.4, -0.2) is 24.3 Å². The Morgan fingerprint density at radius 1 is 1.45 bits per heavy atom. The molecule has 0 spiro atoms. The summed E-state index contributed by atoms with van der Waals surface area (Å²) in [4.78, 5) is 11.1. The lowest BCUT2D eigenvalue weighted by atomic mass is 9.98. The molecule has 1 aromatic carbocycles. The van der Waals surface area contributed by atoms with Gasteiger partial charge in [0.05, 0.1) is 6.61 Å². The van der Waals surface area contributed by atoms with E-state index in [1.807, 2.05) is 12.1 Å². The van der Waals surface area contributed by atoms with Crippen molar-refractivity contribution in [3.63, 3.8) is 0 Å². The van der Waals surface area contributed by atoms with Gasteiger partial charge in [0.25, 0.3) is 0 Å². The van der Waals surface area contributed by atoms with Gasteiger partial charge in [-0.15, -0.1) is 11.3 Å². The van der Waals surface area contributed by atoms with Gasteiger partial charge >= 0.3 is 5.97 Å². The molecule has 2 aromatic rings. The van der Waals surface area contributed by atoms with Crippen LogP contribution in [0.25, 0.3) is 0 Å². The zero-order chi connectivity index (χ0) is 13.9. The number of benzene rings is 1. The van der Waals surface area contributed by atoms with Crippen molar-refractivity contribution in [2.45, 2.75) is 12.5 Å². The van der Waals surface area contributed by atoms with E-state index in [1.54, 1.807) is 11.4 Å². The number of fused-ring (bicyclic) bond motifs is 1. The van der Waals surface area contributed by atoms with Crippen molar-refractivity contribution in [3.8, 4) is 5.75 Å². The van der Waals surface area contributed by atoms with E-state index in [9.17, 15) is 4.79 Å². The predicted molar refractivity (Wildman–Crippen MR) is 75.6 cm³/mol. The van der Waals surface area contributed by atoms with Crippen LogP contribution in [0.2, 0.25) is 0 Å². The largest absolute Gasteiger partial charge is 0.490 e. The maximum Gasteiger partial charge on any atom is 0.346 e. The monoisotopic (exact) mass is 290 g/mol. The second-order valence-electron chi connectivity index (χ2n) is 4.57. The average molecular weight is 290 g/mol. The number of aromatic carboxylic acids is 1. The summed E-state index contributed by atoms with van der Waals surface area (Å²) < 4.78 is 11.4. The van der Waals surface area contributed by atoms with Crippen LogP contribution in [0.3, 0.4) is 0 Å². The molecule has 0 radical (unpaired) electrons. The van der Waals surface area contributed by atoms with E-state index in [1.165, 1.54) is 5.56 Å². The van der Waals surface area contributed by atoms with E-state index in [2.05, 4.69) is 12.1 Å². The third-order valence-electron chi connectivity index (χ3n) is 3.28. The Bertz CT molecular complexity index is 620. The van der Waals surface area contributed by atoms with E-state index in [-0.39, 0.29) is 11.0 Å². The Morgan fingerprint density at radius 2 is 2.30 bits per heavy atom. The number of rotatable bonds is 4. The van der Waals surface area contributed by atoms with Crippen LogP contribution in [-0.2, 0) is 11.2 Å². The third kappa shape index (κ3) is 2.69. The topological polar surface area (TPSA) is 55.8 Å². The number of carboxylic acid groups (broad SMARTS) is 1. The molecule has 104 valence electrons. The highest BCUT2D eigenvalue weighted by molar-refractivity contribution is 7.12. The lowest BCUT2D eigenvalue weighted by molar-refractivity contribution is 0.0103. The van der Waals surface area contributed by atoms with Crippen molar-refractivity contribution in [1.29, 1.82) is 0 Å². The molecule has 1 aromatic heterocycles. The zero-order valence-corrected chi connectivity index (χ0v) is 11.6. The Hall–Kier alpha value is -1.85. The number of ether oxygens (including phenoxy) is 2. The van der Waals surface area contributed by atoms with E-state index >= 15 is 0 Å². The summed E-state index contributed by atoms with van der Waals surface area (Å²) in [5.74, 6) is -0.344. The van der Waals surface area contributed by atoms with Crippen LogP contribution in [0, 0.1) is 0 Å². The summed E-state index contributed by atoms with van der Waals surface area (Å²) >= 11 is 1.16. The minimum absolute atomic E-state index is 0.0897. The number of carboxylic acids is 1. The Morgan fingerprint density at radius 3 is 3.10 bits per heavy atom. The molecule has 5 heteroatoms. The molecule has 1 atom stereocenters. The van der Waals surface area contributed by atoms with Gasteiger partial charge in [-0.3, -0.25) is 0 Å². The molecule has 0 amide bonds. The molecule has 2 heterocycles. The van der Waals surface area contributed by atoms with Crippen LogP contribution >= 0.6 is 11.3 Å². The average Bonchev–Trinajstić information content (AvgIpc) is 2.94. The highest BCUT2D eigenvalue weighted by Crippen LogP contribution is 2.29. The second-order valence-corrected chi connectivity index (χ2v) is 5.48. The van der Waals surface area contributed by atoms with Crippen molar-refractivity contribution in [1.82, 2.24) is 0 Å². The summed E-state index contributed by atoms with van der Waals surface area (Å²) in [7, 11) is 0. The fourth-order valence-corrected chi connectivity index (χ4v) is 2.96. The van der Waals surface area contributed by atoms with Gasteiger partial charge < -0.3 is 14.6 Å². The minimum atomic E-state index is -0.927. The third-order valence-corrected chi connectivity index (χ3v) is 4.18. The first-order chi connectivity index (χ1) is 9.74. The number of hydrogen-bond donors (Lipinski definition) is 1. The van der Waals surface area contributed by atoms with Gasteiger partial charge in [0, 0.05) is 11.4 Å². The number of carbonyl (C=O) groups is 1. The maximum absolute atomic E-state index is 10.8. The van der Waals surface area contributed by atoms with Crippen molar-refractivity contribution < 1.29 is 19.4 Å². The van der Waals surface area contributed by atoms with Crippen LogP contribution in [0.15, 0.2) is 35.7 Å². The highest BCUT2D eigenvalue weighted by Gasteiger charge is 2.21. The molecule has 0 bridgehead atoms. The Balaban J connectivity index is 1.68. The van der Waals surface area contributed by atoms with Gasteiger partial charge in [0.15, 0.2) is 0 Å². The van der Waals surface area contributed by atoms with Crippen molar-refractivity contribution in [3.05, 3.63) is 51.7 Å². The quantitative estimate of drug-likeness (QED) is 0.940. The smallest absolute Gasteiger partial charge is 0.346 e. The van der Waals surface area contributed by atoms with Gasteiger partial charge in [-0.1, -0.05) is 24.3 Å². The van der Waals surface area contributed by atoms with Gasteiger partial charge in [-0.25, -0.2) is 4.79 Å². The molecule has 0 saturated heterocycles. The second kappa shape index (κ2) is 5.64.